The Morgan fingerprint density at radius 1 is 1.41 bits per heavy atom. The predicted octanol–water partition coefficient (Wildman–Crippen LogP) is 1.11. The second-order valence-electron chi connectivity index (χ2n) is 6.53. The van der Waals surface area contributed by atoms with Crippen LogP contribution in [0.2, 0.25) is 0 Å². The number of rotatable bonds is 4. The standard InChI is InChI=1S/C16H24N4O2/c1-12-8-17-15(18-9-12)20-10-13(2)16(11-20)4-5-19(14(16)21)6-7-22-3/h8-9,13H,4-7,10-11H2,1-3H3/t13-,16-/m0/s1. The molecule has 1 spiro atoms. The number of aromatic nitrogens is 2. The van der Waals surface area contributed by atoms with E-state index in [2.05, 4.69) is 21.8 Å². The van der Waals surface area contributed by atoms with Crippen LogP contribution < -0.4 is 4.90 Å². The van der Waals surface area contributed by atoms with Crippen molar-refractivity contribution >= 4 is 11.9 Å². The van der Waals surface area contributed by atoms with E-state index in [-0.39, 0.29) is 11.3 Å². The van der Waals surface area contributed by atoms with Gasteiger partial charge in [0.1, 0.15) is 0 Å². The highest BCUT2D eigenvalue weighted by atomic mass is 16.5. The number of hydrogen-bond donors (Lipinski definition) is 0. The Morgan fingerprint density at radius 2 is 2.14 bits per heavy atom. The largest absolute Gasteiger partial charge is 0.383 e. The zero-order valence-corrected chi connectivity index (χ0v) is 13.6. The van der Waals surface area contributed by atoms with Crippen molar-refractivity contribution in [2.24, 2.45) is 11.3 Å². The molecular weight excluding hydrogens is 280 g/mol. The smallest absolute Gasteiger partial charge is 0.231 e. The minimum absolute atomic E-state index is 0.270. The maximum absolute atomic E-state index is 12.9. The van der Waals surface area contributed by atoms with E-state index in [9.17, 15) is 4.79 Å². The Balaban J connectivity index is 1.75. The molecule has 6 nitrogen and oxygen atoms in total. The summed E-state index contributed by atoms with van der Waals surface area (Å²) >= 11 is 0. The van der Waals surface area contributed by atoms with E-state index in [0.29, 0.717) is 19.1 Å². The number of anilines is 1. The first-order chi connectivity index (χ1) is 10.6. The molecule has 120 valence electrons. The molecule has 1 aromatic heterocycles. The summed E-state index contributed by atoms with van der Waals surface area (Å²) < 4.78 is 5.11. The fraction of sp³-hybridized carbons (Fsp3) is 0.688. The quantitative estimate of drug-likeness (QED) is 0.834. The number of likely N-dealkylation sites (tertiary alicyclic amines) is 1. The topological polar surface area (TPSA) is 58.6 Å². The van der Waals surface area contributed by atoms with Gasteiger partial charge in [-0.3, -0.25) is 4.79 Å². The number of carbonyl (C=O) groups excluding carboxylic acids is 1. The summed E-state index contributed by atoms with van der Waals surface area (Å²) in [5.74, 6) is 1.32. The minimum Gasteiger partial charge on any atom is -0.383 e. The lowest BCUT2D eigenvalue weighted by Gasteiger charge is -2.26. The molecule has 0 bridgehead atoms. The molecule has 2 fully saturated rings. The molecule has 0 saturated carbocycles. The molecule has 0 N–H and O–H groups in total. The molecule has 2 aliphatic heterocycles. The van der Waals surface area contributed by atoms with Gasteiger partial charge >= 0.3 is 0 Å². The highest BCUT2D eigenvalue weighted by Gasteiger charge is 2.55. The first-order valence-electron chi connectivity index (χ1n) is 7.89. The van der Waals surface area contributed by atoms with Gasteiger partial charge in [0.25, 0.3) is 0 Å². The van der Waals surface area contributed by atoms with Gasteiger partial charge in [0.05, 0.1) is 12.0 Å². The van der Waals surface area contributed by atoms with Crippen LogP contribution in [0.4, 0.5) is 5.95 Å². The molecule has 0 aliphatic carbocycles. The van der Waals surface area contributed by atoms with Crippen molar-refractivity contribution in [1.29, 1.82) is 0 Å². The van der Waals surface area contributed by atoms with E-state index in [1.54, 1.807) is 7.11 Å². The van der Waals surface area contributed by atoms with E-state index in [1.807, 2.05) is 24.2 Å². The normalized spacial score (nSPS) is 28.1. The second-order valence-corrected chi connectivity index (χ2v) is 6.53. The lowest BCUT2D eigenvalue weighted by Crippen LogP contribution is -2.40. The summed E-state index contributed by atoms with van der Waals surface area (Å²) in [6.45, 7) is 7.82. The van der Waals surface area contributed by atoms with Gasteiger partial charge in [-0.15, -0.1) is 0 Å². The Bertz CT molecular complexity index is 548. The maximum Gasteiger partial charge on any atom is 0.231 e. The molecule has 0 radical (unpaired) electrons. The molecule has 3 heterocycles. The summed E-state index contributed by atoms with van der Waals surface area (Å²) in [7, 11) is 1.67. The van der Waals surface area contributed by atoms with Gasteiger partial charge in [0.2, 0.25) is 11.9 Å². The molecule has 2 saturated heterocycles. The zero-order chi connectivity index (χ0) is 15.7. The van der Waals surface area contributed by atoms with Crippen LogP contribution in [0.15, 0.2) is 12.4 Å². The van der Waals surface area contributed by atoms with Crippen LogP contribution in [-0.4, -0.2) is 60.7 Å². The maximum atomic E-state index is 12.9. The van der Waals surface area contributed by atoms with E-state index in [0.717, 1.165) is 37.6 Å². The third-order valence-electron chi connectivity index (χ3n) is 5.07. The van der Waals surface area contributed by atoms with E-state index in [4.69, 9.17) is 4.74 Å². The fourth-order valence-corrected chi connectivity index (χ4v) is 3.64. The summed E-state index contributed by atoms with van der Waals surface area (Å²) in [6, 6.07) is 0. The molecule has 2 aliphatic rings. The third kappa shape index (κ3) is 2.45. The lowest BCUT2D eigenvalue weighted by molar-refractivity contribution is -0.137. The number of methoxy groups -OCH3 is 1. The first-order valence-corrected chi connectivity index (χ1v) is 7.89. The monoisotopic (exact) mass is 304 g/mol. The van der Waals surface area contributed by atoms with Gasteiger partial charge in [0, 0.05) is 45.7 Å². The summed E-state index contributed by atoms with van der Waals surface area (Å²) in [6.07, 6.45) is 4.58. The average molecular weight is 304 g/mol. The molecule has 1 amide bonds. The van der Waals surface area contributed by atoms with Gasteiger partial charge in [-0.05, 0) is 24.8 Å². The van der Waals surface area contributed by atoms with Gasteiger partial charge in [-0.2, -0.15) is 0 Å². The van der Waals surface area contributed by atoms with Crippen LogP contribution in [0.5, 0.6) is 0 Å². The summed E-state index contributed by atoms with van der Waals surface area (Å²) in [5, 5.41) is 0. The fourth-order valence-electron chi connectivity index (χ4n) is 3.64. The highest BCUT2D eigenvalue weighted by Crippen LogP contribution is 2.45. The van der Waals surface area contributed by atoms with E-state index >= 15 is 0 Å². The summed E-state index contributed by atoms with van der Waals surface area (Å²) in [5.41, 5.74) is 0.774. The molecule has 0 aromatic carbocycles. The number of carbonyl (C=O) groups is 1. The number of ether oxygens (including phenoxy) is 1. The van der Waals surface area contributed by atoms with Crippen molar-refractivity contribution in [3.63, 3.8) is 0 Å². The molecule has 0 unspecified atom stereocenters. The van der Waals surface area contributed by atoms with Crippen molar-refractivity contribution in [2.75, 3.05) is 44.8 Å². The van der Waals surface area contributed by atoms with E-state index < -0.39 is 0 Å². The van der Waals surface area contributed by atoms with Gasteiger partial charge in [-0.1, -0.05) is 6.92 Å². The van der Waals surface area contributed by atoms with Crippen molar-refractivity contribution < 1.29 is 9.53 Å². The Labute approximate surface area is 131 Å². The van der Waals surface area contributed by atoms with Crippen molar-refractivity contribution in [3.05, 3.63) is 18.0 Å². The number of aryl methyl sites for hydroxylation is 1. The van der Waals surface area contributed by atoms with Crippen LogP contribution in [0.1, 0.15) is 18.9 Å². The van der Waals surface area contributed by atoms with Gasteiger partial charge in [-0.25, -0.2) is 9.97 Å². The van der Waals surface area contributed by atoms with Crippen LogP contribution in [0.3, 0.4) is 0 Å². The van der Waals surface area contributed by atoms with Crippen molar-refractivity contribution in [1.82, 2.24) is 14.9 Å². The van der Waals surface area contributed by atoms with Crippen molar-refractivity contribution in [2.45, 2.75) is 20.3 Å². The molecule has 6 heteroatoms. The summed E-state index contributed by atoms with van der Waals surface area (Å²) in [4.78, 5) is 25.8. The molecule has 3 rings (SSSR count). The first kappa shape index (κ1) is 15.2. The highest BCUT2D eigenvalue weighted by molar-refractivity contribution is 5.86. The molecule has 1 aromatic rings. The number of hydrogen-bond acceptors (Lipinski definition) is 5. The molecule has 22 heavy (non-hydrogen) atoms. The SMILES string of the molecule is COCCN1CC[C@@]2(CN(c3ncc(C)cn3)C[C@@H]2C)C1=O. The van der Waals surface area contributed by atoms with Crippen LogP contribution in [0, 0.1) is 18.3 Å². The Kier molecular flexibility index (Phi) is 4.04. The van der Waals surface area contributed by atoms with E-state index in [1.165, 1.54) is 0 Å². The lowest BCUT2D eigenvalue weighted by atomic mass is 9.78. The Morgan fingerprint density at radius 3 is 2.82 bits per heavy atom. The van der Waals surface area contributed by atoms with Gasteiger partial charge < -0.3 is 14.5 Å². The minimum atomic E-state index is -0.276. The van der Waals surface area contributed by atoms with Crippen LogP contribution in [-0.2, 0) is 9.53 Å². The Hall–Kier alpha value is -1.69. The molecular formula is C16H24N4O2. The van der Waals surface area contributed by atoms with Gasteiger partial charge in [0.15, 0.2) is 0 Å². The zero-order valence-electron chi connectivity index (χ0n) is 13.6. The van der Waals surface area contributed by atoms with Crippen LogP contribution >= 0.6 is 0 Å². The average Bonchev–Trinajstić information content (AvgIpc) is 3.01. The third-order valence-corrected chi connectivity index (χ3v) is 5.07. The predicted molar refractivity (Wildman–Crippen MR) is 83.7 cm³/mol. The number of nitrogens with zero attached hydrogens (tertiary/aromatic N) is 4. The van der Waals surface area contributed by atoms with Crippen molar-refractivity contribution in [3.8, 4) is 0 Å². The second kappa shape index (κ2) is 5.83. The number of amides is 1. The molecule has 2 atom stereocenters. The van der Waals surface area contributed by atoms with Crippen LogP contribution in [0.25, 0.3) is 0 Å².